The van der Waals surface area contributed by atoms with E-state index in [0.29, 0.717) is 22.9 Å². The Morgan fingerprint density at radius 1 is 1.12 bits per heavy atom. The standard InChI is InChI=1S/C19H19Cl2NO4/c1-3-4-9-26-19(24)12-5-7-14(8-6-12)22-18(23)15-10-13(20)11-16(21)17(15)25-2/h5-8,10-11H,3-4,9H2,1-2H3,(H,22,23). The molecule has 1 amide bonds. The third kappa shape index (κ3) is 5.13. The van der Waals surface area contributed by atoms with Crippen molar-refractivity contribution in [1.29, 1.82) is 0 Å². The molecule has 0 aliphatic carbocycles. The summed E-state index contributed by atoms with van der Waals surface area (Å²) in [5, 5.41) is 3.29. The minimum atomic E-state index is -0.426. The number of esters is 1. The Bertz CT molecular complexity index is 791. The normalized spacial score (nSPS) is 10.3. The molecule has 0 aliphatic rings. The number of hydrogen-bond donors (Lipinski definition) is 1. The second-order valence-corrected chi connectivity index (χ2v) is 6.33. The highest BCUT2D eigenvalue weighted by atomic mass is 35.5. The van der Waals surface area contributed by atoms with Crippen LogP contribution >= 0.6 is 23.2 Å². The van der Waals surface area contributed by atoms with Gasteiger partial charge in [0.25, 0.3) is 5.91 Å². The first-order valence-corrected chi connectivity index (χ1v) is 8.83. The third-order valence-corrected chi connectivity index (χ3v) is 4.07. The number of ether oxygens (including phenoxy) is 2. The van der Waals surface area contributed by atoms with Crippen LogP contribution in [-0.4, -0.2) is 25.6 Å². The number of amides is 1. The van der Waals surface area contributed by atoms with Gasteiger partial charge in [-0.3, -0.25) is 4.79 Å². The van der Waals surface area contributed by atoms with E-state index >= 15 is 0 Å². The summed E-state index contributed by atoms with van der Waals surface area (Å²) in [6.45, 7) is 2.41. The average Bonchev–Trinajstić information content (AvgIpc) is 2.61. The lowest BCUT2D eigenvalue weighted by Gasteiger charge is -2.12. The predicted octanol–water partition coefficient (Wildman–Crippen LogP) is 5.21. The van der Waals surface area contributed by atoms with Gasteiger partial charge >= 0.3 is 5.97 Å². The molecule has 0 radical (unpaired) electrons. The van der Waals surface area contributed by atoms with Crippen LogP contribution in [0.15, 0.2) is 36.4 Å². The van der Waals surface area contributed by atoms with E-state index in [1.165, 1.54) is 19.2 Å². The number of methoxy groups -OCH3 is 1. The van der Waals surface area contributed by atoms with Crippen LogP contribution < -0.4 is 10.1 Å². The number of unbranched alkanes of at least 4 members (excludes halogenated alkanes) is 1. The fourth-order valence-electron chi connectivity index (χ4n) is 2.22. The van der Waals surface area contributed by atoms with E-state index in [-0.39, 0.29) is 22.3 Å². The molecule has 0 saturated carbocycles. The second kappa shape index (κ2) is 9.46. The summed E-state index contributed by atoms with van der Waals surface area (Å²) in [6.07, 6.45) is 1.78. The molecule has 2 rings (SSSR count). The fourth-order valence-corrected chi connectivity index (χ4v) is 2.79. The number of benzene rings is 2. The number of rotatable bonds is 7. The van der Waals surface area contributed by atoms with Crippen LogP contribution in [0.5, 0.6) is 5.75 Å². The average molecular weight is 396 g/mol. The zero-order valence-electron chi connectivity index (χ0n) is 14.5. The van der Waals surface area contributed by atoms with Gasteiger partial charge in [-0.1, -0.05) is 36.5 Å². The fraction of sp³-hybridized carbons (Fsp3) is 0.263. The van der Waals surface area contributed by atoms with Crippen LogP contribution in [0.4, 0.5) is 5.69 Å². The monoisotopic (exact) mass is 395 g/mol. The predicted molar refractivity (Wildman–Crippen MR) is 103 cm³/mol. The van der Waals surface area contributed by atoms with Crippen LogP contribution in [0.25, 0.3) is 0 Å². The summed E-state index contributed by atoms with van der Waals surface area (Å²) < 4.78 is 10.3. The summed E-state index contributed by atoms with van der Waals surface area (Å²) in [6, 6.07) is 9.39. The molecule has 0 aromatic heterocycles. The highest BCUT2D eigenvalue weighted by molar-refractivity contribution is 6.36. The molecule has 0 fully saturated rings. The SMILES string of the molecule is CCCCOC(=O)c1ccc(NC(=O)c2cc(Cl)cc(Cl)c2OC)cc1. The lowest BCUT2D eigenvalue weighted by molar-refractivity contribution is 0.0499. The summed E-state index contributed by atoms with van der Waals surface area (Å²) in [4.78, 5) is 24.4. The Morgan fingerprint density at radius 2 is 1.81 bits per heavy atom. The number of halogens is 2. The molecule has 0 heterocycles. The first kappa shape index (κ1) is 20.1. The molecule has 0 unspecified atom stereocenters. The number of nitrogens with one attached hydrogen (secondary N) is 1. The highest BCUT2D eigenvalue weighted by Crippen LogP contribution is 2.32. The topological polar surface area (TPSA) is 64.6 Å². The van der Waals surface area contributed by atoms with Gasteiger partial charge in [0.05, 0.1) is 29.9 Å². The zero-order valence-corrected chi connectivity index (χ0v) is 16.0. The van der Waals surface area contributed by atoms with Gasteiger partial charge in [-0.15, -0.1) is 0 Å². The van der Waals surface area contributed by atoms with Crippen LogP contribution in [0.2, 0.25) is 10.0 Å². The molecule has 5 nitrogen and oxygen atoms in total. The van der Waals surface area contributed by atoms with E-state index < -0.39 is 5.91 Å². The molecule has 0 spiro atoms. The maximum atomic E-state index is 12.5. The lowest BCUT2D eigenvalue weighted by Crippen LogP contribution is -2.14. The van der Waals surface area contributed by atoms with Gasteiger partial charge in [0.2, 0.25) is 0 Å². The van der Waals surface area contributed by atoms with Gasteiger partial charge in [0, 0.05) is 10.7 Å². The van der Waals surface area contributed by atoms with E-state index in [9.17, 15) is 9.59 Å². The molecule has 0 bridgehead atoms. The number of hydrogen-bond acceptors (Lipinski definition) is 4. The smallest absolute Gasteiger partial charge is 0.338 e. The van der Waals surface area contributed by atoms with Crippen molar-refractivity contribution in [3.8, 4) is 5.75 Å². The highest BCUT2D eigenvalue weighted by Gasteiger charge is 2.17. The van der Waals surface area contributed by atoms with E-state index in [1.807, 2.05) is 6.92 Å². The lowest BCUT2D eigenvalue weighted by atomic mass is 10.1. The maximum Gasteiger partial charge on any atom is 0.338 e. The van der Waals surface area contributed by atoms with Crippen molar-refractivity contribution < 1.29 is 19.1 Å². The second-order valence-electron chi connectivity index (χ2n) is 5.49. The van der Waals surface area contributed by atoms with Crippen LogP contribution in [0.1, 0.15) is 40.5 Å². The van der Waals surface area contributed by atoms with E-state index in [2.05, 4.69) is 5.32 Å². The van der Waals surface area contributed by atoms with E-state index in [0.717, 1.165) is 12.8 Å². The molecule has 1 N–H and O–H groups in total. The molecular weight excluding hydrogens is 377 g/mol. The largest absolute Gasteiger partial charge is 0.494 e. The van der Waals surface area contributed by atoms with Gasteiger partial charge in [0.1, 0.15) is 5.75 Å². The Morgan fingerprint density at radius 3 is 2.42 bits per heavy atom. The molecular formula is C19H19Cl2NO4. The maximum absolute atomic E-state index is 12.5. The summed E-state index contributed by atoms with van der Waals surface area (Å²) >= 11 is 12.0. The van der Waals surface area contributed by atoms with Gasteiger partial charge in [-0.25, -0.2) is 4.79 Å². The van der Waals surface area contributed by atoms with Gasteiger partial charge in [-0.2, -0.15) is 0 Å². The van der Waals surface area contributed by atoms with Crippen LogP contribution in [-0.2, 0) is 4.74 Å². The summed E-state index contributed by atoms with van der Waals surface area (Å²) in [7, 11) is 1.42. The molecule has 26 heavy (non-hydrogen) atoms. The summed E-state index contributed by atoms with van der Waals surface area (Å²) in [5.41, 5.74) is 1.15. The number of carbonyl (C=O) groups excluding carboxylic acids is 2. The van der Waals surface area contributed by atoms with E-state index in [1.54, 1.807) is 24.3 Å². The zero-order chi connectivity index (χ0) is 19.1. The Balaban J connectivity index is 2.10. The van der Waals surface area contributed by atoms with Crippen molar-refractivity contribution in [2.45, 2.75) is 19.8 Å². The molecule has 138 valence electrons. The van der Waals surface area contributed by atoms with Crippen molar-refractivity contribution in [2.75, 3.05) is 19.0 Å². The van der Waals surface area contributed by atoms with Gasteiger partial charge in [0.15, 0.2) is 0 Å². The quantitative estimate of drug-likeness (QED) is 0.515. The minimum absolute atomic E-state index is 0.216. The van der Waals surface area contributed by atoms with E-state index in [4.69, 9.17) is 32.7 Å². The molecule has 0 saturated heterocycles. The molecule has 0 aliphatic heterocycles. The molecule has 2 aromatic rings. The number of anilines is 1. The van der Waals surface area contributed by atoms with Crippen LogP contribution in [0.3, 0.4) is 0 Å². The minimum Gasteiger partial charge on any atom is -0.494 e. The van der Waals surface area contributed by atoms with Gasteiger partial charge in [-0.05, 0) is 42.8 Å². The van der Waals surface area contributed by atoms with Crippen molar-refractivity contribution in [1.82, 2.24) is 0 Å². The van der Waals surface area contributed by atoms with Crippen molar-refractivity contribution in [3.63, 3.8) is 0 Å². The first-order chi connectivity index (χ1) is 12.5. The van der Waals surface area contributed by atoms with Crippen molar-refractivity contribution in [3.05, 3.63) is 57.6 Å². The third-order valence-electron chi connectivity index (χ3n) is 3.57. The summed E-state index contributed by atoms with van der Waals surface area (Å²) in [5.74, 6) is -0.575. The molecule has 7 heteroatoms. The van der Waals surface area contributed by atoms with Crippen molar-refractivity contribution in [2.24, 2.45) is 0 Å². The molecule has 2 aromatic carbocycles. The Hall–Kier alpha value is -2.24. The van der Waals surface area contributed by atoms with Crippen molar-refractivity contribution >= 4 is 40.8 Å². The molecule has 0 atom stereocenters. The Kier molecular flexibility index (Phi) is 7.30. The van der Waals surface area contributed by atoms with Crippen LogP contribution in [0, 0.1) is 0 Å². The number of carbonyl (C=O) groups is 2. The Labute approximate surface area is 162 Å². The van der Waals surface area contributed by atoms with Gasteiger partial charge < -0.3 is 14.8 Å². The first-order valence-electron chi connectivity index (χ1n) is 8.07.